The van der Waals surface area contributed by atoms with Gasteiger partial charge in [0.05, 0.1) is 6.10 Å². The van der Waals surface area contributed by atoms with Gasteiger partial charge >= 0.3 is 18.9 Å². The van der Waals surface area contributed by atoms with Gasteiger partial charge < -0.3 is 5.95 Å². The molecule has 0 radical (unpaired) electrons. The molecule has 0 aromatic heterocycles. The standard InChI is InChI=1S/C10H15OP.Li.H/c1-3-9(2)11-12-10-7-5-4-6-8-10;;/h4-9,12H,3H2,1-2H3;;/q;+1;-1. The molecule has 0 spiro atoms. The van der Waals surface area contributed by atoms with Gasteiger partial charge in [0.1, 0.15) is 0 Å². The number of rotatable bonds is 4. The molecule has 2 unspecified atom stereocenters. The zero-order valence-electron chi connectivity index (χ0n) is 9.58. The summed E-state index contributed by atoms with van der Waals surface area (Å²) in [5.74, 6) is 0. The van der Waals surface area contributed by atoms with E-state index in [4.69, 9.17) is 4.52 Å². The zero-order chi connectivity index (χ0) is 8.81. The molecule has 3 heteroatoms. The zero-order valence-corrected chi connectivity index (χ0v) is 9.58. The summed E-state index contributed by atoms with van der Waals surface area (Å²) in [7, 11) is 0.492. The van der Waals surface area contributed by atoms with Crippen LogP contribution in [-0.4, -0.2) is 6.10 Å². The Kier molecular flexibility index (Phi) is 7.72. The van der Waals surface area contributed by atoms with Crippen molar-refractivity contribution in [2.24, 2.45) is 0 Å². The molecule has 0 heterocycles. The van der Waals surface area contributed by atoms with Crippen LogP contribution in [0.15, 0.2) is 30.3 Å². The minimum atomic E-state index is 0. The fraction of sp³-hybridized carbons (Fsp3) is 0.400. The predicted octanol–water partition coefficient (Wildman–Crippen LogP) is -0.163. The van der Waals surface area contributed by atoms with Crippen molar-refractivity contribution in [3.63, 3.8) is 0 Å². The van der Waals surface area contributed by atoms with Crippen molar-refractivity contribution < 1.29 is 24.8 Å². The second-order valence-electron chi connectivity index (χ2n) is 2.80. The SMILES string of the molecule is CCC(C)OPc1ccccc1.[H-].[Li+]. The van der Waals surface area contributed by atoms with Crippen molar-refractivity contribution in [3.05, 3.63) is 30.3 Å². The van der Waals surface area contributed by atoms with E-state index in [0.29, 0.717) is 14.9 Å². The van der Waals surface area contributed by atoms with Crippen LogP contribution in [-0.2, 0) is 4.52 Å². The first-order valence-corrected chi connectivity index (χ1v) is 5.20. The number of benzene rings is 1. The largest absolute Gasteiger partial charge is 1.00 e. The van der Waals surface area contributed by atoms with Crippen LogP contribution in [0.25, 0.3) is 0 Å². The Hall–Kier alpha value is 0.207. The van der Waals surface area contributed by atoms with Gasteiger partial charge in [-0.3, -0.25) is 0 Å². The quantitative estimate of drug-likeness (QED) is 0.473. The molecule has 1 rings (SSSR count). The van der Waals surface area contributed by atoms with Gasteiger partial charge in [-0.25, -0.2) is 0 Å². The van der Waals surface area contributed by atoms with Crippen LogP contribution in [0.5, 0.6) is 0 Å². The summed E-state index contributed by atoms with van der Waals surface area (Å²) in [5.41, 5.74) is 0. The Morgan fingerprint density at radius 1 is 1.38 bits per heavy atom. The molecule has 13 heavy (non-hydrogen) atoms. The molecule has 0 bridgehead atoms. The third kappa shape index (κ3) is 5.50. The maximum atomic E-state index is 5.60. The summed E-state index contributed by atoms with van der Waals surface area (Å²) in [6.07, 6.45) is 1.46. The van der Waals surface area contributed by atoms with Crippen molar-refractivity contribution in [1.29, 1.82) is 0 Å². The minimum Gasteiger partial charge on any atom is -1.00 e. The summed E-state index contributed by atoms with van der Waals surface area (Å²) in [6.45, 7) is 4.25. The average Bonchev–Trinajstić information content (AvgIpc) is 2.16. The van der Waals surface area contributed by atoms with E-state index < -0.39 is 0 Å². The fourth-order valence-corrected chi connectivity index (χ4v) is 1.59. The van der Waals surface area contributed by atoms with Crippen LogP contribution in [0.3, 0.4) is 0 Å². The number of hydrogen-bond donors (Lipinski definition) is 0. The van der Waals surface area contributed by atoms with Gasteiger partial charge in [-0.05, 0) is 18.6 Å². The fourth-order valence-electron chi connectivity index (χ4n) is 0.758. The van der Waals surface area contributed by atoms with E-state index in [1.54, 1.807) is 0 Å². The van der Waals surface area contributed by atoms with Crippen LogP contribution in [0.1, 0.15) is 21.7 Å². The third-order valence-corrected chi connectivity index (χ3v) is 2.82. The van der Waals surface area contributed by atoms with Gasteiger partial charge in [-0.2, -0.15) is 0 Å². The molecule has 0 aliphatic rings. The van der Waals surface area contributed by atoms with Crippen LogP contribution in [0, 0.1) is 0 Å². The van der Waals surface area contributed by atoms with Crippen LogP contribution in [0.2, 0.25) is 0 Å². The Morgan fingerprint density at radius 3 is 2.54 bits per heavy atom. The molecule has 68 valence electrons. The molecular formula is C10H16LiOP. The monoisotopic (exact) mass is 190 g/mol. The maximum Gasteiger partial charge on any atom is 1.00 e. The Bertz CT molecular complexity index is 221. The summed E-state index contributed by atoms with van der Waals surface area (Å²) < 4.78 is 5.60. The molecule has 1 aromatic rings. The molecule has 0 amide bonds. The molecule has 0 fully saturated rings. The van der Waals surface area contributed by atoms with Crippen LogP contribution >= 0.6 is 8.81 Å². The first kappa shape index (κ1) is 13.2. The molecule has 0 saturated carbocycles. The Balaban J connectivity index is 0. The van der Waals surface area contributed by atoms with Gasteiger partial charge in [0, 0.05) is 8.81 Å². The van der Waals surface area contributed by atoms with Crippen molar-refractivity contribution in [3.8, 4) is 0 Å². The van der Waals surface area contributed by atoms with E-state index in [-0.39, 0.29) is 20.3 Å². The molecule has 0 aliphatic heterocycles. The van der Waals surface area contributed by atoms with Crippen molar-refractivity contribution in [2.45, 2.75) is 26.4 Å². The molecule has 0 aliphatic carbocycles. The summed E-state index contributed by atoms with van der Waals surface area (Å²) in [6, 6.07) is 10.3. The second kappa shape index (κ2) is 7.60. The predicted molar refractivity (Wildman–Crippen MR) is 56.3 cm³/mol. The van der Waals surface area contributed by atoms with Gasteiger partial charge in [0.25, 0.3) is 0 Å². The van der Waals surface area contributed by atoms with Crippen LogP contribution in [0.4, 0.5) is 0 Å². The minimum absolute atomic E-state index is 0. The van der Waals surface area contributed by atoms with E-state index in [1.165, 1.54) is 5.30 Å². The third-order valence-electron chi connectivity index (χ3n) is 1.73. The smallest absolute Gasteiger partial charge is 1.00 e. The first-order valence-electron chi connectivity index (χ1n) is 4.29. The summed E-state index contributed by atoms with van der Waals surface area (Å²) in [4.78, 5) is 0. The Morgan fingerprint density at radius 2 is 2.00 bits per heavy atom. The molecular weight excluding hydrogens is 174 g/mol. The van der Waals surface area contributed by atoms with Gasteiger partial charge in [-0.15, -0.1) is 0 Å². The average molecular weight is 190 g/mol. The van der Waals surface area contributed by atoms with E-state index in [2.05, 4.69) is 26.0 Å². The molecule has 0 saturated heterocycles. The van der Waals surface area contributed by atoms with E-state index >= 15 is 0 Å². The normalized spacial score (nSPS) is 12.8. The molecule has 0 N–H and O–H groups in total. The molecule has 1 nitrogen and oxygen atoms in total. The van der Waals surface area contributed by atoms with E-state index in [9.17, 15) is 0 Å². The summed E-state index contributed by atoms with van der Waals surface area (Å²) >= 11 is 0. The van der Waals surface area contributed by atoms with Crippen molar-refractivity contribution in [1.82, 2.24) is 0 Å². The van der Waals surface area contributed by atoms with Gasteiger partial charge in [0.2, 0.25) is 0 Å². The van der Waals surface area contributed by atoms with Crippen LogP contribution < -0.4 is 24.2 Å². The summed E-state index contributed by atoms with van der Waals surface area (Å²) in [5, 5.41) is 1.28. The van der Waals surface area contributed by atoms with Gasteiger partial charge in [-0.1, -0.05) is 37.3 Å². The second-order valence-corrected chi connectivity index (χ2v) is 3.82. The Labute approximate surface area is 95.8 Å². The van der Waals surface area contributed by atoms with E-state index in [0.717, 1.165) is 6.42 Å². The van der Waals surface area contributed by atoms with E-state index in [1.807, 2.05) is 18.2 Å². The molecule has 2 atom stereocenters. The topological polar surface area (TPSA) is 9.23 Å². The molecule has 1 aromatic carbocycles. The van der Waals surface area contributed by atoms with Gasteiger partial charge in [0.15, 0.2) is 0 Å². The first-order chi connectivity index (χ1) is 5.83. The number of hydrogen-bond acceptors (Lipinski definition) is 1. The maximum absolute atomic E-state index is 5.60. The van der Waals surface area contributed by atoms with Crippen molar-refractivity contribution >= 4 is 14.1 Å². The van der Waals surface area contributed by atoms with Crippen molar-refractivity contribution in [2.75, 3.05) is 0 Å².